The molecule has 0 unspecified atom stereocenters. The van der Waals surface area contributed by atoms with Crippen LogP contribution >= 0.6 is 0 Å². The van der Waals surface area contributed by atoms with Gasteiger partial charge in [-0.25, -0.2) is 20.2 Å². The van der Waals surface area contributed by atoms with Gasteiger partial charge in [-0.2, -0.15) is 0 Å². The lowest BCUT2D eigenvalue weighted by Crippen LogP contribution is -2.35. The Balaban J connectivity index is 3.11. The standard InChI is InChI=1S/C7H7N3O5/c1-15-7-4-2-3-6(5-7)8(9(11)12)10(13)14/h2-5H,1H3. The van der Waals surface area contributed by atoms with Crippen molar-refractivity contribution in [2.45, 2.75) is 0 Å². The van der Waals surface area contributed by atoms with E-state index in [9.17, 15) is 20.2 Å². The largest absolute Gasteiger partial charge is 0.497 e. The molecule has 0 N–H and O–H groups in total. The van der Waals surface area contributed by atoms with E-state index in [4.69, 9.17) is 4.74 Å². The van der Waals surface area contributed by atoms with Crippen LogP contribution in [0.15, 0.2) is 24.3 Å². The quantitative estimate of drug-likeness (QED) is 0.543. The van der Waals surface area contributed by atoms with E-state index in [2.05, 4.69) is 0 Å². The molecule has 0 heterocycles. The molecule has 0 amide bonds. The number of rotatable bonds is 4. The Kier molecular flexibility index (Phi) is 3.01. The number of anilines is 1. The van der Waals surface area contributed by atoms with Crippen LogP contribution < -0.4 is 9.85 Å². The SMILES string of the molecule is COc1cccc(N([N+](=O)[O-])[N+](=O)[O-])c1. The molecule has 0 saturated heterocycles. The monoisotopic (exact) mass is 213 g/mol. The molecule has 80 valence electrons. The van der Waals surface area contributed by atoms with Gasteiger partial charge in [0.15, 0.2) is 10.8 Å². The third-order valence-corrected chi connectivity index (χ3v) is 1.59. The molecule has 0 aliphatic rings. The van der Waals surface area contributed by atoms with Crippen LogP contribution in [0.3, 0.4) is 0 Å². The Bertz CT molecular complexity index is 380. The summed E-state index contributed by atoms with van der Waals surface area (Å²) in [5.74, 6) is 0.307. The maximum absolute atomic E-state index is 10.4. The summed E-state index contributed by atoms with van der Waals surface area (Å²) in [5, 5.41) is 18.4. The van der Waals surface area contributed by atoms with Crippen LogP contribution in [0.2, 0.25) is 0 Å². The van der Waals surface area contributed by atoms with Gasteiger partial charge in [-0.1, -0.05) is 6.07 Å². The predicted molar refractivity (Wildman–Crippen MR) is 49.5 cm³/mol. The van der Waals surface area contributed by atoms with Gasteiger partial charge in [-0.3, -0.25) is 0 Å². The summed E-state index contributed by atoms with van der Waals surface area (Å²) in [7, 11) is 1.36. The fourth-order valence-electron chi connectivity index (χ4n) is 0.983. The average Bonchev–Trinajstić information content (AvgIpc) is 2.17. The van der Waals surface area contributed by atoms with Crippen molar-refractivity contribution in [2.75, 3.05) is 12.2 Å². The molecule has 0 aliphatic carbocycles. The summed E-state index contributed by atoms with van der Waals surface area (Å²) < 4.78 is 4.79. The molecule has 0 radical (unpaired) electrons. The van der Waals surface area contributed by atoms with Crippen LogP contribution in [-0.4, -0.2) is 17.2 Å². The van der Waals surface area contributed by atoms with Gasteiger partial charge < -0.3 is 4.74 Å². The number of ether oxygens (including phenoxy) is 1. The van der Waals surface area contributed by atoms with E-state index >= 15 is 0 Å². The van der Waals surface area contributed by atoms with Crippen molar-refractivity contribution in [2.24, 2.45) is 0 Å². The van der Waals surface area contributed by atoms with Crippen molar-refractivity contribution in [3.05, 3.63) is 44.5 Å². The first kappa shape index (κ1) is 10.7. The number of benzene rings is 1. The van der Waals surface area contributed by atoms with Crippen molar-refractivity contribution in [1.82, 2.24) is 0 Å². The highest BCUT2D eigenvalue weighted by atomic mass is 16.8. The lowest BCUT2D eigenvalue weighted by Gasteiger charge is -2.04. The molecule has 15 heavy (non-hydrogen) atoms. The maximum atomic E-state index is 10.4. The van der Waals surface area contributed by atoms with Gasteiger partial charge >= 0.3 is 0 Å². The van der Waals surface area contributed by atoms with Crippen LogP contribution in [0.1, 0.15) is 0 Å². The lowest BCUT2D eigenvalue weighted by atomic mass is 10.3. The highest BCUT2D eigenvalue weighted by molar-refractivity contribution is 5.46. The van der Waals surface area contributed by atoms with Crippen LogP contribution in [0.25, 0.3) is 0 Å². The Morgan fingerprint density at radius 1 is 1.27 bits per heavy atom. The Hall–Kier alpha value is -2.38. The third kappa shape index (κ3) is 2.30. The van der Waals surface area contributed by atoms with Crippen molar-refractivity contribution in [1.29, 1.82) is 0 Å². The van der Waals surface area contributed by atoms with Crippen molar-refractivity contribution in [3.8, 4) is 5.75 Å². The van der Waals surface area contributed by atoms with E-state index < -0.39 is 10.1 Å². The maximum Gasteiger partial charge on any atom is 0.228 e. The van der Waals surface area contributed by atoms with E-state index in [1.54, 1.807) is 0 Å². The first-order valence-corrected chi connectivity index (χ1v) is 3.79. The number of hydrogen-bond acceptors (Lipinski definition) is 5. The summed E-state index contributed by atoms with van der Waals surface area (Å²) in [5.41, 5.74) is -0.177. The first-order valence-electron chi connectivity index (χ1n) is 3.79. The summed E-state index contributed by atoms with van der Waals surface area (Å²) >= 11 is 0. The van der Waals surface area contributed by atoms with E-state index in [0.29, 0.717) is 5.75 Å². The molecule has 0 atom stereocenters. The minimum atomic E-state index is -1.12. The Labute approximate surface area is 83.9 Å². The lowest BCUT2D eigenvalue weighted by molar-refractivity contribution is -0.711. The fourth-order valence-corrected chi connectivity index (χ4v) is 0.983. The number of hydrogen-bond donors (Lipinski definition) is 0. The van der Waals surface area contributed by atoms with Gasteiger partial charge in [0.25, 0.3) is 0 Å². The number of methoxy groups -OCH3 is 1. The number of hydrazine groups is 2. The molecule has 0 bridgehead atoms. The fraction of sp³-hybridized carbons (Fsp3) is 0.143. The highest BCUT2D eigenvalue weighted by Crippen LogP contribution is 2.20. The summed E-state index contributed by atoms with van der Waals surface area (Å²) in [6.45, 7) is 0. The minimum Gasteiger partial charge on any atom is -0.497 e. The molecule has 0 aliphatic heterocycles. The van der Waals surface area contributed by atoms with E-state index in [-0.39, 0.29) is 10.8 Å². The van der Waals surface area contributed by atoms with E-state index in [1.807, 2.05) is 0 Å². The zero-order chi connectivity index (χ0) is 11.4. The second kappa shape index (κ2) is 4.22. The van der Waals surface area contributed by atoms with Crippen LogP contribution in [0.5, 0.6) is 5.75 Å². The molecule has 0 saturated carbocycles. The minimum absolute atomic E-state index is 0.177. The Morgan fingerprint density at radius 2 is 1.87 bits per heavy atom. The molecule has 8 nitrogen and oxygen atoms in total. The number of nitro groups is 2. The Morgan fingerprint density at radius 3 is 2.33 bits per heavy atom. The normalized spacial score (nSPS) is 9.40. The van der Waals surface area contributed by atoms with Crippen molar-refractivity contribution in [3.63, 3.8) is 0 Å². The van der Waals surface area contributed by atoms with E-state index in [0.717, 1.165) is 0 Å². The molecule has 0 fully saturated rings. The summed E-state index contributed by atoms with van der Waals surface area (Å²) in [6, 6.07) is 5.40. The van der Waals surface area contributed by atoms with Crippen LogP contribution in [0, 0.1) is 20.2 Å². The molecule has 1 aromatic carbocycles. The predicted octanol–water partition coefficient (Wildman–Crippen LogP) is 0.885. The average molecular weight is 213 g/mol. The van der Waals surface area contributed by atoms with Crippen molar-refractivity contribution < 1.29 is 14.8 Å². The summed E-state index contributed by atoms with van der Waals surface area (Å²) in [4.78, 5) is 20.8. The van der Waals surface area contributed by atoms with Gasteiger partial charge in [0.05, 0.1) is 7.11 Å². The molecule has 1 rings (SSSR count). The second-order valence-corrected chi connectivity index (χ2v) is 2.47. The molecular weight excluding hydrogens is 206 g/mol. The molecular formula is C7H7N3O5. The van der Waals surface area contributed by atoms with Gasteiger partial charge in [0, 0.05) is 6.07 Å². The third-order valence-electron chi connectivity index (χ3n) is 1.59. The van der Waals surface area contributed by atoms with Gasteiger partial charge in [0.2, 0.25) is 10.1 Å². The molecule has 1 aromatic rings. The molecule has 8 heteroatoms. The zero-order valence-electron chi connectivity index (χ0n) is 7.69. The van der Waals surface area contributed by atoms with Gasteiger partial charge in [-0.15, -0.1) is 0 Å². The van der Waals surface area contributed by atoms with E-state index in [1.165, 1.54) is 31.4 Å². The number of nitrogens with zero attached hydrogens (tertiary/aromatic N) is 3. The smallest absolute Gasteiger partial charge is 0.228 e. The summed E-state index contributed by atoms with van der Waals surface area (Å²) in [6.07, 6.45) is 0. The zero-order valence-corrected chi connectivity index (χ0v) is 7.69. The molecule has 0 aromatic heterocycles. The van der Waals surface area contributed by atoms with Crippen LogP contribution in [-0.2, 0) is 0 Å². The van der Waals surface area contributed by atoms with Crippen LogP contribution in [0.4, 0.5) is 5.69 Å². The molecule has 0 spiro atoms. The first-order chi connectivity index (χ1) is 7.06. The van der Waals surface area contributed by atoms with Crippen molar-refractivity contribution >= 4 is 5.69 Å². The highest BCUT2D eigenvalue weighted by Gasteiger charge is 2.30. The topological polar surface area (TPSA) is 98.8 Å². The van der Waals surface area contributed by atoms with Gasteiger partial charge in [0.1, 0.15) is 5.75 Å². The van der Waals surface area contributed by atoms with Gasteiger partial charge in [-0.05, 0) is 12.1 Å². The second-order valence-electron chi connectivity index (χ2n) is 2.47.